The number of benzene rings is 1. The summed E-state index contributed by atoms with van der Waals surface area (Å²) >= 11 is 0. The number of unbranched alkanes of at least 4 members (excludes halogenated alkanes) is 1. The minimum atomic E-state index is -0.860. The molecule has 0 atom stereocenters. The Bertz CT molecular complexity index is 402. The summed E-state index contributed by atoms with van der Waals surface area (Å²) in [5, 5.41) is 4.92. The van der Waals surface area contributed by atoms with Gasteiger partial charge in [0.05, 0.1) is 7.11 Å². The van der Waals surface area contributed by atoms with Crippen LogP contribution in [0, 0.1) is 11.6 Å². The molecule has 1 aromatic carbocycles. The second kappa shape index (κ2) is 6.78. The van der Waals surface area contributed by atoms with Crippen molar-refractivity contribution in [3.63, 3.8) is 0 Å². The van der Waals surface area contributed by atoms with Gasteiger partial charge in [-0.15, -0.1) is 0 Å². The Morgan fingerprint density at radius 2 is 1.94 bits per heavy atom. The Labute approximate surface area is 104 Å². The third-order valence-electron chi connectivity index (χ3n) is 2.28. The predicted molar refractivity (Wildman–Crippen MR) is 64.8 cm³/mol. The van der Waals surface area contributed by atoms with Gasteiger partial charge in [0.1, 0.15) is 0 Å². The van der Waals surface area contributed by atoms with Gasteiger partial charge in [-0.3, -0.25) is 0 Å². The topological polar surface area (TPSA) is 50.4 Å². The molecule has 0 fully saturated rings. The van der Waals surface area contributed by atoms with Crippen LogP contribution in [0.15, 0.2) is 12.1 Å². The van der Waals surface area contributed by atoms with E-state index in [-0.39, 0.29) is 5.69 Å². The average Bonchev–Trinajstić information content (AvgIpc) is 2.29. The van der Waals surface area contributed by atoms with Crippen LogP contribution in [0.3, 0.4) is 0 Å². The highest BCUT2D eigenvalue weighted by Gasteiger charge is 2.12. The first-order chi connectivity index (χ1) is 8.58. The van der Waals surface area contributed by atoms with Crippen LogP contribution in [0.1, 0.15) is 19.8 Å². The lowest BCUT2D eigenvalue weighted by Gasteiger charge is -2.09. The van der Waals surface area contributed by atoms with Crippen molar-refractivity contribution in [1.29, 1.82) is 0 Å². The fraction of sp³-hybridized carbons (Fsp3) is 0.417. The molecule has 1 aromatic rings. The third-order valence-corrected chi connectivity index (χ3v) is 2.28. The molecule has 2 amide bonds. The number of ether oxygens (including phenoxy) is 1. The fourth-order valence-electron chi connectivity index (χ4n) is 1.38. The van der Waals surface area contributed by atoms with Crippen LogP contribution in [-0.2, 0) is 0 Å². The van der Waals surface area contributed by atoms with Crippen LogP contribution >= 0.6 is 0 Å². The van der Waals surface area contributed by atoms with E-state index in [1.165, 1.54) is 7.11 Å². The molecule has 0 radical (unpaired) electrons. The van der Waals surface area contributed by atoms with Crippen LogP contribution in [0.2, 0.25) is 0 Å². The van der Waals surface area contributed by atoms with Gasteiger partial charge in [0, 0.05) is 24.4 Å². The summed E-state index contributed by atoms with van der Waals surface area (Å²) in [5.74, 6) is -2.19. The second-order valence-electron chi connectivity index (χ2n) is 3.71. The van der Waals surface area contributed by atoms with Gasteiger partial charge in [0.2, 0.25) is 0 Å². The lowest BCUT2D eigenvalue weighted by atomic mass is 10.2. The first-order valence-electron chi connectivity index (χ1n) is 5.66. The summed E-state index contributed by atoms with van der Waals surface area (Å²) in [6, 6.07) is 1.51. The molecule has 1 rings (SSSR count). The van der Waals surface area contributed by atoms with E-state index < -0.39 is 23.4 Å². The number of carbonyl (C=O) groups is 1. The Balaban J connectivity index is 2.65. The van der Waals surface area contributed by atoms with Crippen molar-refractivity contribution in [3.05, 3.63) is 23.8 Å². The van der Waals surface area contributed by atoms with E-state index in [0.29, 0.717) is 6.54 Å². The molecule has 0 bridgehead atoms. The number of carbonyl (C=O) groups excluding carboxylic acids is 1. The summed E-state index contributed by atoms with van der Waals surface area (Å²) in [6.07, 6.45) is 1.80. The van der Waals surface area contributed by atoms with Crippen molar-refractivity contribution >= 4 is 11.7 Å². The molecule has 0 saturated carbocycles. The molecule has 0 aliphatic heterocycles. The van der Waals surface area contributed by atoms with Crippen molar-refractivity contribution in [1.82, 2.24) is 5.32 Å². The SMILES string of the molecule is CCCCNC(=O)Nc1cc(F)c(OC)c(F)c1. The number of rotatable bonds is 5. The van der Waals surface area contributed by atoms with E-state index >= 15 is 0 Å². The zero-order chi connectivity index (χ0) is 13.5. The number of amides is 2. The van der Waals surface area contributed by atoms with Gasteiger partial charge in [-0.05, 0) is 6.42 Å². The van der Waals surface area contributed by atoms with Gasteiger partial charge in [0.25, 0.3) is 0 Å². The van der Waals surface area contributed by atoms with Crippen molar-refractivity contribution < 1.29 is 18.3 Å². The van der Waals surface area contributed by atoms with Crippen LogP contribution in [-0.4, -0.2) is 19.7 Å². The van der Waals surface area contributed by atoms with Gasteiger partial charge < -0.3 is 15.4 Å². The zero-order valence-corrected chi connectivity index (χ0v) is 10.3. The molecule has 18 heavy (non-hydrogen) atoms. The van der Waals surface area contributed by atoms with Gasteiger partial charge in [0.15, 0.2) is 17.4 Å². The van der Waals surface area contributed by atoms with E-state index in [9.17, 15) is 13.6 Å². The minimum absolute atomic E-state index is 0.0415. The van der Waals surface area contributed by atoms with Crippen LogP contribution in [0.25, 0.3) is 0 Å². The van der Waals surface area contributed by atoms with Crippen LogP contribution < -0.4 is 15.4 Å². The fourth-order valence-corrected chi connectivity index (χ4v) is 1.38. The van der Waals surface area contributed by atoms with Crippen LogP contribution in [0.5, 0.6) is 5.75 Å². The lowest BCUT2D eigenvalue weighted by molar-refractivity contribution is 0.252. The van der Waals surface area contributed by atoms with E-state index in [4.69, 9.17) is 0 Å². The molecule has 2 N–H and O–H groups in total. The molecule has 0 aromatic heterocycles. The van der Waals surface area contributed by atoms with Crippen molar-refractivity contribution in [2.24, 2.45) is 0 Å². The number of nitrogens with one attached hydrogen (secondary N) is 2. The first kappa shape index (κ1) is 14.2. The molecule has 4 nitrogen and oxygen atoms in total. The maximum atomic E-state index is 13.3. The monoisotopic (exact) mass is 258 g/mol. The number of methoxy groups -OCH3 is 1. The largest absolute Gasteiger partial charge is 0.491 e. The summed E-state index contributed by atoms with van der Waals surface area (Å²) in [6.45, 7) is 2.51. The highest BCUT2D eigenvalue weighted by Crippen LogP contribution is 2.25. The van der Waals surface area contributed by atoms with Crippen LogP contribution in [0.4, 0.5) is 19.3 Å². The number of hydrogen-bond acceptors (Lipinski definition) is 2. The molecule has 6 heteroatoms. The molecular formula is C12H16F2N2O2. The summed E-state index contributed by atoms with van der Waals surface area (Å²) in [4.78, 5) is 11.4. The van der Waals surface area contributed by atoms with E-state index in [1.807, 2.05) is 6.92 Å². The molecule has 100 valence electrons. The third kappa shape index (κ3) is 3.87. The van der Waals surface area contributed by atoms with Gasteiger partial charge in [-0.2, -0.15) is 0 Å². The molecule has 0 aliphatic carbocycles. The van der Waals surface area contributed by atoms with Gasteiger partial charge >= 0.3 is 6.03 Å². The first-order valence-corrected chi connectivity index (χ1v) is 5.66. The molecular weight excluding hydrogens is 242 g/mol. The number of hydrogen-bond donors (Lipinski definition) is 2. The van der Waals surface area contributed by atoms with Gasteiger partial charge in [-0.25, -0.2) is 13.6 Å². The molecule has 0 aliphatic rings. The second-order valence-corrected chi connectivity index (χ2v) is 3.71. The van der Waals surface area contributed by atoms with Gasteiger partial charge in [-0.1, -0.05) is 13.3 Å². The highest BCUT2D eigenvalue weighted by atomic mass is 19.1. The standard InChI is InChI=1S/C12H16F2N2O2/c1-3-4-5-15-12(17)16-8-6-9(13)11(18-2)10(14)7-8/h6-7H,3-5H2,1-2H3,(H2,15,16,17). The maximum absolute atomic E-state index is 13.3. The minimum Gasteiger partial charge on any atom is -0.491 e. The molecule has 0 saturated heterocycles. The smallest absolute Gasteiger partial charge is 0.319 e. The maximum Gasteiger partial charge on any atom is 0.319 e. The normalized spacial score (nSPS) is 10.0. The van der Waals surface area contributed by atoms with Crippen molar-refractivity contribution in [2.75, 3.05) is 19.0 Å². The summed E-state index contributed by atoms with van der Waals surface area (Å²) < 4.78 is 31.2. The zero-order valence-electron chi connectivity index (χ0n) is 10.3. The van der Waals surface area contributed by atoms with Crippen molar-refractivity contribution in [2.45, 2.75) is 19.8 Å². The average molecular weight is 258 g/mol. The summed E-state index contributed by atoms with van der Waals surface area (Å²) in [7, 11) is 1.17. The van der Waals surface area contributed by atoms with E-state index in [1.54, 1.807) is 0 Å². The molecule has 0 spiro atoms. The lowest BCUT2D eigenvalue weighted by Crippen LogP contribution is -2.29. The Morgan fingerprint density at radius 3 is 2.44 bits per heavy atom. The number of halogens is 2. The summed E-state index contributed by atoms with van der Waals surface area (Å²) in [5.41, 5.74) is 0.0415. The van der Waals surface area contributed by atoms with E-state index in [2.05, 4.69) is 15.4 Å². The highest BCUT2D eigenvalue weighted by molar-refractivity contribution is 5.89. The molecule has 0 unspecified atom stereocenters. The van der Waals surface area contributed by atoms with E-state index in [0.717, 1.165) is 25.0 Å². The Morgan fingerprint density at radius 1 is 1.33 bits per heavy atom. The Kier molecular flexibility index (Phi) is 5.35. The Hall–Kier alpha value is -1.85. The van der Waals surface area contributed by atoms with Crippen molar-refractivity contribution in [3.8, 4) is 5.75 Å². The number of urea groups is 1. The molecule has 0 heterocycles. The quantitative estimate of drug-likeness (QED) is 0.798. The predicted octanol–water partition coefficient (Wildman–Crippen LogP) is 2.90. The number of anilines is 1.